The first-order valence-electron chi connectivity index (χ1n) is 0. The SMILES string of the molecule is [Al+3].[Cl-].[Cl-].[Cl-].[Cl-].[Na+].[SnH4]. The second-order valence-electron chi connectivity index (χ2n) is 0. The van der Waals surface area contributed by atoms with Crippen molar-refractivity contribution in [3.8, 4) is 0 Å². The van der Waals surface area contributed by atoms with E-state index >= 15 is 0 Å². The van der Waals surface area contributed by atoms with Crippen LogP contribution in [0.5, 0.6) is 0 Å². The van der Waals surface area contributed by atoms with Crippen molar-refractivity contribution >= 4 is 41.3 Å². The molecule has 0 fully saturated rings. The summed E-state index contributed by atoms with van der Waals surface area (Å²) in [5.41, 5.74) is 0. The van der Waals surface area contributed by atoms with E-state index in [4.69, 9.17) is 0 Å². The van der Waals surface area contributed by atoms with Gasteiger partial charge in [0.05, 0.1) is 0 Å². The minimum absolute atomic E-state index is 0. The Labute approximate surface area is 118 Å². The van der Waals surface area contributed by atoms with Gasteiger partial charge in [0.2, 0.25) is 0 Å². The van der Waals surface area contributed by atoms with Crippen LogP contribution in [0, 0.1) is 0 Å². The van der Waals surface area contributed by atoms with Crippen LogP contribution in [0.2, 0.25) is 0 Å². The molecule has 0 saturated carbocycles. The zero-order chi connectivity index (χ0) is 0. The van der Waals surface area contributed by atoms with Crippen LogP contribution in [0.1, 0.15) is 0 Å². The molecule has 0 radical (unpaired) electrons. The van der Waals surface area contributed by atoms with Crippen LogP contribution in [-0.4, -0.2) is 41.3 Å². The van der Waals surface area contributed by atoms with E-state index in [2.05, 4.69) is 0 Å². The van der Waals surface area contributed by atoms with Crippen LogP contribution in [-0.2, 0) is 0 Å². The molecule has 0 heterocycles. The van der Waals surface area contributed by atoms with E-state index in [1.807, 2.05) is 0 Å². The van der Waals surface area contributed by atoms with Crippen molar-refractivity contribution in [1.82, 2.24) is 0 Å². The van der Waals surface area contributed by atoms with E-state index in [9.17, 15) is 0 Å². The molecule has 7 heteroatoms. The van der Waals surface area contributed by atoms with Crippen molar-refractivity contribution in [3.63, 3.8) is 0 Å². The van der Waals surface area contributed by atoms with Gasteiger partial charge in [0, 0.05) is 0 Å². The molecule has 0 aromatic rings. The Morgan fingerprint density at radius 2 is 0.571 bits per heavy atom. The molecule has 0 aromatic heterocycles. The maximum atomic E-state index is 0. The van der Waals surface area contributed by atoms with Gasteiger partial charge in [-0.3, -0.25) is 0 Å². The Bertz CT molecular complexity index is 11.7. The molecule has 0 nitrogen and oxygen atoms in total. The van der Waals surface area contributed by atoms with Gasteiger partial charge in [-0.15, -0.1) is 0 Å². The predicted molar refractivity (Wildman–Crippen MR) is 17.1 cm³/mol. The van der Waals surface area contributed by atoms with Gasteiger partial charge < -0.3 is 49.6 Å². The molecule has 0 unspecified atom stereocenters. The summed E-state index contributed by atoms with van der Waals surface area (Å²) >= 11 is 0. The number of hydrogen-bond donors (Lipinski definition) is 0. The van der Waals surface area contributed by atoms with Crippen LogP contribution >= 0.6 is 0 Å². The molecule has 0 amide bonds. The molecule has 0 aliphatic heterocycles. The molecule has 0 aliphatic carbocycles. The summed E-state index contributed by atoms with van der Waals surface area (Å²) in [6.07, 6.45) is 0. The Kier molecular flexibility index (Phi) is 622. The Balaban J connectivity index is 0. The fourth-order valence-corrected chi connectivity index (χ4v) is 0. The topological polar surface area (TPSA) is 0 Å². The average molecular weight is 315 g/mol. The second kappa shape index (κ2) is 56.1. The molecule has 0 N–H and O–H groups in total. The van der Waals surface area contributed by atoms with Crippen molar-refractivity contribution in [2.45, 2.75) is 0 Å². The first kappa shape index (κ1) is 77.5. The summed E-state index contributed by atoms with van der Waals surface area (Å²) in [6, 6.07) is 0. The third-order valence-corrected chi connectivity index (χ3v) is 0. The van der Waals surface area contributed by atoms with Crippen molar-refractivity contribution in [2.24, 2.45) is 0 Å². The molecular formula is H4AlCl4NaSn. The minimum atomic E-state index is 0. The molecular weight excluding hydrogens is 310 g/mol. The standard InChI is InChI=1S/Al.4ClH.Na.Sn.4H/h;4*1H;;;;;;/q+3;;;;;+1;;;;;/p-4. The summed E-state index contributed by atoms with van der Waals surface area (Å²) in [5.74, 6) is 0. The van der Waals surface area contributed by atoms with Crippen LogP contribution in [0.3, 0.4) is 0 Å². The van der Waals surface area contributed by atoms with Gasteiger partial charge in [-0.1, -0.05) is 0 Å². The number of halogens is 4. The van der Waals surface area contributed by atoms with Crippen molar-refractivity contribution in [3.05, 3.63) is 0 Å². The third-order valence-electron chi connectivity index (χ3n) is 0. The molecule has 0 rings (SSSR count). The second-order valence-corrected chi connectivity index (χ2v) is 0. The number of rotatable bonds is 0. The predicted octanol–water partition coefficient (Wildman–Crippen LogP) is -16.8. The van der Waals surface area contributed by atoms with Crippen molar-refractivity contribution in [1.29, 1.82) is 0 Å². The molecule has 0 aliphatic rings. The zero-order valence-corrected chi connectivity index (χ0v) is 9.27. The number of hydrogen-bond acceptors (Lipinski definition) is 0. The fraction of sp³-hybridized carbons (Fsp3) is 0. The van der Waals surface area contributed by atoms with E-state index in [0.717, 1.165) is 0 Å². The van der Waals surface area contributed by atoms with Gasteiger partial charge >= 0.3 is 70.8 Å². The average Bonchev–Trinajstić information content (AvgIpc) is 0. The summed E-state index contributed by atoms with van der Waals surface area (Å²) in [6.45, 7) is 0. The normalized spacial score (nSPS) is 0. The van der Waals surface area contributed by atoms with Gasteiger partial charge in [-0.2, -0.15) is 0 Å². The summed E-state index contributed by atoms with van der Waals surface area (Å²) in [7, 11) is 0. The van der Waals surface area contributed by atoms with Crippen molar-refractivity contribution < 1.29 is 79.2 Å². The Morgan fingerprint density at radius 3 is 0.571 bits per heavy atom. The molecule has 7 heavy (non-hydrogen) atoms. The summed E-state index contributed by atoms with van der Waals surface area (Å²) in [4.78, 5) is 0. The monoisotopic (exact) mass is 314 g/mol. The van der Waals surface area contributed by atoms with Crippen molar-refractivity contribution in [2.75, 3.05) is 0 Å². The Morgan fingerprint density at radius 1 is 0.571 bits per heavy atom. The quantitative estimate of drug-likeness (QED) is 0.390. The maximum absolute atomic E-state index is 0. The molecule has 0 saturated heterocycles. The van der Waals surface area contributed by atoms with E-state index in [0.29, 0.717) is 0 Å². The Hall–Kier alpha value is 3.49. The first-order valence-corrected chi connectivity index (χ1v) is 0. The fourth-order valence-electron chi connectivity index (χ4n) is 0. The zero-order valence-electron chi connectivity index (χ0n) is 3.09. The third kappa shape index (κ3) is 43.7. The molecule has 0 bridgehead atoms. The molecule has 0 spiro atoms. The van der Waals surface area contributed by atoms with E-state index < -0.39 is 0 Å². The summed E-state index contributed by atoms with van der Waals surface area (Å²) in [5, 5.41) is 0. The van der Waals surface area contributed by atoms with Crippen LogP contribution in [0.15, 0.2) is 0 Å². The molecule has 0 aromatic carbocycles. The van der Waals surface area contributed by atoms with Crippen LogP contribution < -0.4 is 79.2 Å². The molecule has 0 atom stereocenters. The summed E-state index contributed by atoms with van der Waals surface area (Å²) < 4.78 is 0. The van der Waals surface area contributed by atoms with Gasteiger partial charge in [-0.25, -0.2) is 0 Å². The van der Waals surface area contributed by atoms with Crippen LogP contribution in [0.25, 0.3) is 0 Å². The molecule has 40 valence electrons. The van der Waals surface area contributed by atoms with Gasteiger partial charge in [0.15, 0.2) is 0 Å². The van der Waals surface area contributed by atoms with Gasteiger partial charge in [0.25, 0.3) is 0 Å². The van der Waals surface area contributed by atoms with E-state index in [-0.39, 0.29) is 120 Å². The first-order chi connectivity index (χ1) is 0. The van der Waals surface area contributed by atoms with Crippen LogP contribution in [0.4, 0.5) is 0 Å². The van der Waals surface area contributed by atoms with Gasteiger partial charge in [-0.05, 0) is 0 Å². The van der Waals surface area contributed by atoms with Gasteiger partial charge in [0.1, 0.15) is 0 Å². The van der Waals surface area contributed by atoms with E-state index in [1.165, 1.54) is 0 Å². The van der Waals surface area contributed by atoms with E-state index in [1.54, 1.807) is 0 Å².